The maximum atomic E-state index is 13.2. The van der Waals surface area contributed by atoms with Crippen LogP contribution in [0.2, 0.25) is 0 Å². The molecule has 1 aromatic carbocycles. The van der Waals surface area contributed by atoms with E-state index >= 15 is 0 Å². The van der Waals surface area contributed by atoms with Crippen LogP contribution in [0.25, 0.3) is 0 Å². The second-order valence-electron chi connectivity index (χ2n) is 9.77. The van der Waals surface area contributed by atoms with Gasteiger partial charge in [-0.25, -0.2) is 9.59 Å². The number of aliphatic hydroxyl groups is 2. The fourth-order valence-corrected chi connectivity index (χ4v) is 5.73. The molecule has 1 spiro atoms. The van der Waals surface area contributed by atoms with Crippen molar-refractivity contribution in [3.63, 3.8) is 0 Å². The first-order valence-electron chi connectivity index (χ1n) is 13.2. The minimum atomic E-state index is -1.00. The van der Waals surface area contributed by atoms with Gasteiger partial charge in [0.2, 0.25) is 0 Å². The molecule has 2 aliphatic carbocycles. The Labute approximate surface area is 226 Å². The van der Waals surface area contributed by atoms with Crippen LogP contribution >= 0.6 is 0 Å². The zero-order chi connectivity index (χ0) is 27.4. The van der Waals surface area contributed by atoms with E-state index in [4.69, 9.17) is 18.9 Å². The lowest BCUT2D eigenvalue weighted by Gasteiger charge is -2.52. The number of esters is 1. The fourth-order valence-electron chi connectivity index (χ4n) is 5.73. The topological polar surface area (TPSA) is 145 Å². The Kier molecular flexibility index (Phi) is 8.22. The summed E-state index contributed by atoms with van der Waals surface area (Å²) in [5.74, 6) is -0.924. The number of nitrogens with one attached hydrogen (secondary N) is 2. The van der Waals surface area contributed by atoms with E-state index in [-0.39, 0.29) is 43.5 Å². The third-order valence-electron chi connectivity index (χ3n) is 7.37. The Morgan fingerprint density at radius 1 is 1.15 bits per heavy atom. The first-order valence-corrected chi connectivity index (χ1v) is 13.2. The lowest BCUT2D eigenvalue weighted by Crippen LogP contribution is -2.58. The van der Waals surface area contributed by atoms with Gasteiger partial charge in [0.05, 0.1) is 56.3 Å². The first-order chi connectivity index (χ1) is 18.9. The molecule has 1 aromatic rings. The number of ether oxygens (including phenoxy) is 5. The molecule has 6 unspecified atom stereocenters. The van der Waals surface area contributed by atoms with Crippen molar-refractivity contribution in [2.75, 3.05) is 45.0 Å². The van der Waals surface area contributed by atoms with Gasteiger partial charge in [-0.05, 0) is 31.2 Å². The maximum Gasteiger partial charge on any atom is 0.508 e. The SMILES string of the molecule is CCOC(=O)OCCOCCNCNc1ccc2c(c1)C(=O)OC21C2C=CC(O)=CC2OC2CC(O)C=CC21. The highest BCUT2D eigenvalue weighted by Crippen LogP contribution is 2.57. The number of benzene rings is 1. The predicted molar refractivity (Wildman–Crippen MR) is 139 cm³/mol. The molecule has 0 aromatic heterocycles. The van der Waals surface area contributed by atoms with Crippen LogP contribution in [0, 0.1) is 11.8 Å². The van der Waals surface area contributed by atoms with E-state index in [2.05, 4.69) is 15.4 Å². The van der Waals surface area contributed by atoms with Gasteiger partial charge in [-0.3, -0.25) is 5.32 Å². The monoisotopic (exact) mass is 542 g/mol. The number of allylic oxidation sites excluding steroid dienone is 1. The second-order valence-corrected chi connectivity index (χ2v) is 9.77. The quantitative estimate of drug-likeness (QED) is 0.150. The van der Waals surface area contributed by atoms with E-state index in [1.165, 1.54) is 0 Å². The van der Waals surface area contributed by atoms with Gasteiger partial charge in [0, 0.05) is 30.1 Å². The van der Waals surface area contributed by atoms with Crippen molar-refractivity contribution in [1.82, 2.24) is 5.32 Å². The minimum absolute atomic E-state index is 0.101. The molecule has 2 heterocycles. The molecule has 6 atom stereocenters. The van der Waals surface area contributed by atoms with Crippen molar-refractivity contribution in [1.29, 1.82) is 0 Å². The number of carbonyl (C=O) groups excluding carboxylic acids is 2. The Hall–Kier alpha value is -3.38. The van der Waals surface area contributed by atoms with E-state index in [1.54, 1.807) is 31.2 Å². The smallest absolute Gasteiger partial charge is 0.508 e. The van der Waals surface area contributed by atoms with Gasteiger partial charge in [-0.2, -0.15) is 0 Å². The summed E-state index contributed by atoms with van der Waals surface area (Å²) in [4.78, 5) is 24.3. The fraction of sp³-hybridized carbons (Fsp3) is 0.500. The molecule has 39 heavy (non-hydrogen) atoms. The van der Waals surface area contributed by atoms with Gasteiger partial charge in [0.1, 0.15) is 12.4 Å². The van der Waals surface area contributed by atoms with Crippen molar-refractivity contribution in [2.45, 2.75) is 37.3 Å². The summed E-state index contributed by atoms with van der Waals surface area (Å²) in [7, 11) is 0. The average molecular weight is 543 g/mol. The Morgan fingerprint density at radius 2 is 2.03 bits per heavy atom. The number of rotatable bonds is 10. The van der Waals surface area contributed by atoms with Crippen molar-refractivity contribution < 1.29 is 43.5 Å². The molecule has 210 valence electrons. The van der Waals surface area contributed by atoms with E-state index < -0.39 is 29.9 Å². The summed E-state index contributed by atoms with van der Waals surface area (Å²) in [5.41, 5.74) is 1.01. The van der Waals surface area contributed by atoms with E-state index in [0.29, 0.717) is 31.8 Å². The molecule has 4 N–H and O–H groups in total. The van der Waals surface area contributed by atoms with Crippen LogP contribution in [0.5, 0.6) is 0 Å². The van der Waals surface area contributed by atoms with Crippen molar-refractivity contribution >= 4 is 17.8 Å². The summed E-state index contributed by atoms with van der Waals surface area (Å²) < 4.78 is 27.4. The minimum Gasteiger partial charge on any atom is -0.508 e. The molecule has 0 saturated carbocycles. The van der Waals surface area contributed by atoms with E-state index in [9.17, 15) is 19.8 Å². The second kappa shape index (κ2) is 11.8. The number of fused-ring (bicyclic) bond motifs is 6. The molecule has 0 amide bonds. The molecule has 1 fully saturated rings. The van der Waals surface area contributed by atoms with Crippen LogP contribution in [0.1, 0.15) is 29.3 Å². The molecular formula is C28H34N2O9. The van der Waals surface area contributed by atoms with Crippen LogP contribution in [-0.4, -0.2) is 80.3 Å². The van der Waals surface area contributed by atoms with Crippen molar-refractivity contribution in [3.8, 4) is 0 Å². The van der Waals surface area contributed by atoms with E-state index in [0.717, 1.165) is 11.3 Å². The standard InChI is InChI=1S/C28H34N2O9/c1-2-36-27(34)37-12-11-35-10-9-29-16-30-17-3-6-21-20(13-17)26(33)39-28(21)22-7-4-18(31)14-24(22)38-25-15-19(32)5-8-23(25)28/h3-8,13-14,19,22-25,29-32H,2,9-12,15-16H2,1H3. The molecular weight excluding hydrogens is 508 g/mol. The number of hydrogen-bond donors (Lipinski definition) is 4. The molecule has 4 aliphatic rings. The number of aliphatic hydroxyl groups excluding tert-OH is 2. The molecule has 5 rings (SSSR count). The lowest BCUT2D eigenvalue weighted by atomic mass is 9.63. The molecule has 0 bridgehead atoms. The largest absolute Gasteiger partial charge is 0.508 e. The zero-order valence-electron chi connectivity index (χ0n) is 21.7. The normalized spacial score (nSPS) is 30.2. The Morgan fingerprint density at radius 3 is 2.87 bits per heavy atom. The molecule has 1 saturated heterocycles. The van der Waals surface area contributed by atoms with Gasteiger partial charge in [0.15, 0.2) is 5.60 Å². The number of carbonyl (C=O) groups is 2. The number of hydrogen-bond acceptors (Lipinski definition) is 11. The summed E-state index contributed by atoms with van der Waals surface area (Å²) in [5, 5.41) is 26.8. The zero-order valence-corrected chi connectivity index (χ0v) is 21.7. The highest BCUT2D eigenvalue weighted by molar-refractivity contribution is 5.96. The van der Waals surface area contributed by atoms with Crippen LogP contribution in [0.4, 0.5) is 10.5 Å². The maximum absolute atomic E-state index is 13.2. The van der Waals surface area contributed by atoms with Gasteiger partial charge in [-0.1, -0.05) is 24.3 Å². The Balaban J connectivity index is 1.21. The van der Waals surface area contributed by atoms with Crippen molar-refractivity contribution in [2.24, 2.45) is 11.8 Å². The van der Waals surface area contributed by atoms with Gasteiger partial charge in [-0.15, -0.1) is 0 Å². The van der Waals surface area contributed by atoms with Crippen LogP contribution in [-0.2, 0) is 29.3 Å². The van der Waals surface area contributed by atoms with Gasteiger partial charge < -0.3 is 39.2 Å². The van der Waals surface area contributed by atoms with Crippen LogP contribution < -0.4 is 10.6 Å². The summed E-state index contributed by atoms with van der Waals surface area (Å²) in [6.45, 7) is 3.82. The summed E-state index contributed by atoms with van der Waals surface area (Å²) in [6.07, 6.45) is 6.89. The van der Waals surface area contributed by atoms with E-state index in [1.807, 2.05) is 24.3 Å². The lowest BCUT2D eigenvalue weighted by molar-refractivity contribution is -0.196. The highest BCUT2D eigenvalue weighted by atomic mass is 16.7. The highest BCUT2D eigenvalue weighted by Gasteiger charge is 2.62. The third-order valence-corrected chi connectivity index (χ3v) is 7.37. The molecule has 2 aliphatic heterocycles. The number of anilines is 1. The summed E-state index contributed by atoms with van der Waals surface area (Å²) >= 11 is 0. The van der Waals surface area contributed by atoms with Gasteiger partial charge >= 0.3 is 12.1 Å². The molecule has 11 nitrogen and oxygen atoms in total. The van der Waals surface area contributed by atoms with Gasteiger partial charge in [0.25, 0.3) is 0 Å². The van der Waals surface area contributed by atoms with Crippen LogP contribution in [0.15, 0.2) is 54.3 Å². The predicted octanol–water partition coefficient (Wildman–Crippen LogP) is 2.53. The summed E-state index contributed by atoms with van der Waals surface area (Å²) in [6, 6.07) is 5.62. The molecule has 11 heteroatoms. The van der Waals surface area contributed by atoms with Crippen LogP contribution in [0.3, 0.4) is 0 Å². The molecule has 0 radical (unpaired) electrons. The third kappa shape index (κ3) is 5.53. The first kappa shape index (κ1) is 27.2. The van der Waals surface area contributed by atoms with Crippen molar-refractivity contribution in [3.05, 3.63) is 65.5 Å². The average Bonchev–Trinajstić information content (AvgIpc) is 3.19. The Bertz CT molecular complexity index is 1160.